The van der Waals surface area contributed by atoms with Crippen LogP contribution in [-0.4, -0.2) is 17.0 Å². The van der Waals surface area contributed by atoms with Gasteiger partial charge in [-0.15, -0.1) is 0 Å². The summed E-state index contributed by atoms with van der Waals surface area (Å²) < 4.78 is 0. The number of Topliss-reactive ketones (excluding diaryl/α,β-unsaturated/α-hetero) is 1. The number of ketones is 1. The van der Waals surface area contributed by atoms with Crippen molar-refractivity contribution in [3.63, 3.8) is 0 Å². The number of aliphatic hydroxyl groups excluding tert-OH is 1. The predicted octanol–water partition coefficient (Wildman–Crippen LogP) is 1.13. The highest BCUT2D eigenvalue weighted by Crippen LogP contribution is 2.59. The van der Waals surface area contributed by atoms with Gasteiger partial charge in [-0.25, -0.2) is 0 Å². The number of rotatable bonds is 0. The molecule has 0 aromatic carbocycles. The van der Waals surface area contributed by atoms with E-state index in [0.717, 1.165) is 6.42 Å². The topological polar surface area (TPSA) is 37.3 Å². The van der Waals surface area contributed by atoms with Gasteiger partial charge in [0, 0.05) is 6.92 Å². The van der Waals surface area contributed by atoms with Gasteiger partial charge in [0.05, 0.1) is 12.0 Å². The number of aliphatic hydroxyl groups is 1. The Morgan fingerprint density at radius 3 is 2.62 bits per heavy atom. The first-order valence-corrected chi connectivity index (χ1v) is 4.84. The summed E-state index contributed by atoms with van der Waals surface area (Å²) in [5.74, 6) is 5.43. The molecule has 2 fully saturated rings. The zero-order valence-corrected chi connectivity index (χ0v) is 7.84. The molecule has 2 nitrogen and oxygen atoms in total. The monoisotopic (exact) mass is 178 g/mol. The van der Waals surface area contributed by atoms with Crippen molar-refractivity contribution in [3.8, 4) is 11.8 Å². The third-order valence-electron chi connectivity index (χ3n) is 3.41. The van der Waals surface area contributed by atoms with Gasteiger partial charge in [0.25, 0.3) is 0 Å². The molecule has 0 amide bonds. The second-order valence-electron chi connectivity index (χ2n) is 4.29. The number of carbonyl (C=O) groups is 1. The summed E-state index contributed by atoms with van der Waals surface area (Å²) in [6.07, 6.45) is 4.23. The zero-order chi connectivity index (χ0) is 9.47. The van der Waals surface area contributed by atoms with Gasteiger partial charge in [0.2, 0.25) is 5.78 Å². The molecule has 0 aliphatic heterocycles. The molecule has 2 rings (SSSR count). The summed E-state index contributed by atoms with van der Waals surface area (Å²) in [6, 6.07) is 0. The van der Waals surface area contributed by atoms with Crippen molar-refractivity contribution >= 4 is 5.78 Å². The summed E-state index contributed by atoms with van der Waals surface area (Å²) in [5.41, 5.74) is 0.294. The van der Waals surface area contributed by atoms with E-state index >= 15 is 0 Å². The van der Waals surface area contributed by atoms with Crippen molar-refractivity contribution in [1.29, 1.82) is 0 Å². The van der Waals surface area contributed by atoms with Crippen LogP contribution in [0.25, 0.3) is 0 Å². The largest absolute Gasteiger partial charge is 0.392 e. The molecule has 0 aromatic rings. The molecule has 2 atom stereocenters. The highest BCUT2D eigenvalue weighted by Gasteiger charge is 2.55. The Bertz CT molecular complexity index is 291. The van der Waals surface area contributed by atoms with E-state index in [1.54, 1.807) is 0 Å². The molecule has 2 aliphatic carbocycles. The van der Waals surface area contributed by atoms with Gasteiger partial charge in [-0.2, -0.15) is 0 Å². The van der Waals surface area contributed by atoms with E-state index in [2.05, 4.69) is 11.8 Å². The minimum absolute atomic E-state index is 0.0742. The molecular formula is C11H14O2. The van der Waals surface area contributed by atoms with Gasteiger partial charge >= 0.3 is 0 Å². The fraction of sp³-hybridized carbons (Fsp3) is 0.727. The van der Waals surface area contributed by atoms with Crippen molar-refractivity contribution in [2.45, 2.75) is 38.7 Å². The molecule has 1 spiro atoms. The van der Waals surface area contributed by atoms with Crippen molar-refractivity contribution < 1.29 is 9.90 Å². The van der Waals surface area contributed by atoms with Crippen LogP contribution in [0.1, 0.15) is 32.6 Å². The molecule has 1 N–H and O–H groups in total. The van der Waals surface area contributed by atoms with Crippen molar-refractivity contribution in [3.05, 3.63) is 0 Å². The van der Waals surface area contributed by atoms with Crippen LogP contribution in [0.3, 0.4) is 0 Å². The second-order valence-corrected chi connectivity index (χ2v) is 4.29. The van der Waals surface area contributed by atoms with E-state index in [4.69, 9.17) is 0 Å². The lowest BCUT2D eigenvalue weighted by Gasteiger charge is -2.56. The molecule has 0 bridgehead atoms. The molecule has 2 aliphatic rings. The predicted molar refractivity (Wildman–Crippen MR) is 48.9 cm³/mol. The molecule has 0 radical (unpaired) electrons. The van der Waals surface area contributed by atoms with Gasteiger partial charge < -0.3 is 5.11 Å². The normalized spacial score (nSPS) is 34.0. The quantitative estimate of drug-likeness (QED) is 0.446. The minimum Gasteiger partial charge on any atom is -0.392 e. The van der Waals surface area contributed by atoms with E-state index in [-0.39, 0.29) is 17.8 Å². The molecule has 13 heavy (non-hydrogen) atoms. The first kappa shape index (κ1) is 8.77. The van der Waals surface area contributed by atoms with E-state index < -0.39 is 0 Å². The SMILES string of the molecule is CC(=O)C#CC1C(O)CC12CCC2. The lowest BCUT2D eigenvalue weighted by molar-refractivity contribution is -0.124. The average Bonchev–Trinajstić information content (AvgIpc) is 1.95. The van der Waals surface area contributed by atoms with Gasteiger partial charge in [-0.1, -0.05) is 12.3 Å². The second kappa shape index (κ2) is 2.85. The average molecular weight is 178 g/mol. The maximum Gasteiger partial charge on any atom is 0.202 e. The fourth-order valence-corrected chi connectivity index (χ4v) is 2.48. The molecular weight excluding hydrogens is 164 g/mol. The van der Waals surface area contributed by atoms with Crippen LogP contribution in [0.4, 0.5) is 0 Å². The number of hydrogen-bond acceptors (Lipinski definition) is 2. The highest BCUT2D eigenvalue weighted by molar-refractivity contribution is 5.93. The third-order valence-corrected chi connectivity index (χ3v) is 3.41. The number of carbonyl (C=O) groups excluding carboxylic acids is 1. The third kappa shape index (κ3) is 1.28. The van der Waals surface area contributed by atoms with E-state index in [0.29, 0.717) is 5.41 Å². The lowest BCUT2D eigenvalue weighted by Crippen LogP contribution is -2.54. The van der Waals surface area contributed by atoms with E-state index in [9.17, 15) is 9.90 Å². The van der Waals surface area contributed by atoms with Crippen molar-refractivity contribution in [1.82, 2.24) is 0 Å². The van der Waals surface area contributed by atoms with Crippen LogP contribution in [0.2, 0.25) is 0 Å². The summed E-state index contributed by atoms with van der Waals surface area (Å²) in [7, 11) is 0. The Hall–Kier alpha value is -0.810. The van der Waals surface area contributed by atoms with E-state index in [1.807, 2.05) is 0 Å². The molecule has 2 saturated carbocycles. The Labute approximate surface area is 78.3 Å². The maximum absolute atomic E-state index is 10.7. The minimum atomic E-state index is -0.285. The van der Waals surface area contributed by atoms with Crippen molar-refractivity contribution in [2.75, 3.05) is 0 Å². The van der Waals surface area contributed by atoms with Crippen LogP contribution in [-0.2, 0) is 4.79 Å². The molecule has 70 valence electrons. The van der Waals surface area contributed by atoms with Gasteiger partial charge in [-0.3, -0.25) is 4.79 Å². The Morgan fingerprint density at radius 2 is 2.23 bits per heavy atom. The van der Waals surface area contributed by atoms with Crippen LogP contribution in [0.15, 0.2) is 0 Å². The van der Waals surface area contributed by atoms with Crippen molar-refractivity contribution in [2.24, 2.45) is 11.3 Å². The number of hydrogen-bond donors (Lipinski definition) is 1. The van der Waals surface area contributed by atoms with Gasteiger partial charge in [0.15, 0.2) is 0 Å². The summed E-state index contributed by atoms with van der Waals surface area (Å²) in [6.45, 7) is 1.46. The Balaban J connectivity index is 2.06. The standard InChI is InChI=1S/C11H14O2/c1-8(12)3-4-9-10(13)7-11(9)5-2-6-11/h9-10,13H,2,5-7H2,1H3. The molecule has 0 saturated heterocycles. The van der Waals surface area contributed by atoms with Crippen LogP contribution >= 0.6 is 0 Å². The fourth-order valence-electron chi connectivity index (χ4n) is 2.48. The first-order chi connectivity index (χ1) is 6.14. The Morgan fingerprint density at radius 1 is 1.54 bits per heavy atom. The molecule has 2 heteroatoms. The summed E-state index contributed by atoms with van der Waals surface area (Å²) in [4.78, 5) is 10.7. The smallest absolute Gasteiger partial charge is 0.202 e. The first-order valence-electron chi connectivity index (χ1n) is 4.84. The summed E-state index contributed by atoms with van der Waals surface area (Å²) in [5, 5.41) is 9.51. The molecule has 2 unspecified atom stereocenters. The van der Waals surface area contributed by atoms with Crippen LogP contribution in [0, 0.1) is 23.2 Å². The summed E-state index contributed by atoms with van der Waals surface area (Å²) >= 11 is 0. The molecule has 0 heterocycles. The highest BCUT2D eigenvalue weighted by atomic mass is 16.3. The van der Waals surface area contributed by atoms with Gasteiger partial charge in [-0.05, 0) is 30.6 Å². The zero-order valence-electron chi connectivity index (χ0n) is 7.84. The Kier molecular flexibility index (Phi) is 1.92. The van der Waals surface area contributed by atoms with E-state index in [1.165, 1.54) is 26.2 Å². The van der Waals surface area contributed by atoms with Crippen LogP contribution in [0.5, 0.6) is 0 Å². The van der Waals surface area contributed by atoms with Gasteiger partial charge in [0.1, 0.15) is 0 Å². The lowest BCUT2D eigenvalue weighted by atomic mass is 9.49. The van der Waals surface area contributed by atoms with Crippen LogP contribution < -0.4 is 0 Å². The molecule has 0 aromatic heterocycles. The maximum atomic E-state index is 10.7.